The molecule has 0 saturated carbocycles. The standard InChI is InChI=1S/C38H56N12O5/c1-2-3-5-18-32(51)47-31(22-25-23-46-27-15-9-8-14-26(25)27)36(55)49-28(16-10-19-44-37(40)41)34(53)48-29(17-11-20-45-38(42)43)35(54)50-30(33(39)52)21-24-12-6-4-7-13-24/h4,6-9,12-15,23,28-31,46H,2-3,5,10-11,16-22H2,1H3,(H2,39,52)(H,47,51)(H,48,53)(H,49,55)(H,50,54)(H4,40,41,44)(H4,42,43,45)/t28-,29-,30-,31-/m0/s1. The van der Waals surface area contributed by atoms with Gasteiger partial charge < -0.3 is 54.9 Å². The molecule has 0 unspecified atom stereocenters. The summed E-state index contributed by atoms with van der Waals surface area (Å²) in [6, 6.07) is 12.2. The summed E-state index contributed by atoms with van der Waals surface area (Å²) in [6.45, 7) is 2.36. The van der Waals surface area contributed by atoms with E-state index >= 15 is 0 Å². The van der Waals surface area contributed by atoms with Crippen LogP contribution in [-0.2, 0) is 36.8 Å². The minimum Gasteiger partial charge on any atom is -0.370 e. The van der Waals surface area contributed by atoms with Crippen molar-refractivity contribution in [1.29, 1.82) is 0 Å². The Morgan fingerprint density at radius 3 is 1.75 bits per heavy atom. The fourth-order valence-electron chi connectivity index (χ4n) is 5.97. The summed E-state index contributed by atoms with van der Waals surface area (Å²) >= 11 is 0. The molecule has 17 nitrogen and oxygen atoms in total. The Bertz CT molecular complexity index is 1770. The lowest BCUT2D eigenvalue weighted by Crippen LogP contribution is -2.58. The molecular formula is C38H56N12O5. The molecule has 0 aliphatic heterocycles. The van der Waals surface area contributed by atoms with Gasteiger partial charge in [-0.1, -0.05) is 68.3 Å². The molecule has 3 rings (SSSR count). The number of aromatic nitrogens is 1. The Morgan fingerprint density at radius 1 is 0.636 bits per heavy atom. The van der Waals surface area contributed by atoms with Gasteiger partial charge in [-0.3, -0.25) is 34.0 Å². The Morgan fingerprint density at radius 2 is 1.18 bits per heavy atom. The number of hydrogen-bond acceptors (Lipinski definition) is 7. The average Bonchev–Trinajstić information content (AvgIpc) is 3.56. The molecule has 4 atom stereocenters. The largest absolute Gasteiger partial charge is 0.370 e. The number of fused-ring (bicyclic) bond motifs is 1. The van der Waals surface area contributed by atoms with E-state index in [0.29, 0.717) is 6.42 Å². The fraction of sp³-hybridized carbons (Fsp3) is 0.447. The first-order chi connectivity index (χ1) is 26.4. The minimum atomic E-state index is -1.17. The monoisotopic (exact) mass is 760 g/mol. The van der Waals surface area contributed by atoms with E-state index in [1.165, 1.54) is 0 Å². The maximum absolute atomic E-state index is 14.1. The van der Waals surface area contributed by atoms with Gasteiger partial charge in [0, 0.05) is 49.5 Å². The van der Waals surface area contributed by atoms with E-state index in [1.54, 1.807) is 30.5 Å². The molecule has 1 aromatic heterocycles. The maximum Gasteiger partial charge on any atom is 0.243 e. The molecule has 55 heavy (non-hydrogen) atoms. The Hall–Kier alpha value is -6.13. The van der Waals surface area contributed by atoms with Gasteiger partial charge in [0.25, 0.3) is 0 Å². The molecule has 3 aromatic rings. The minimum absolute atomic E-state index is 0.0802. The number of aliphatic imine (C=N–C) groups is 2. The van der Waals surface area contributed by atoms with Crippen LogP contribution in [0.25, 0.3) is 10.9 Å². The second-order valence-electron chi connectivity index (χ2n) is 13.3. The van der Waals surface area contributed by atoms with E-state index in [9.17, 15) is 24.0 Å². The predicted molar refractivity (Wildman–Crippen MR) is 213 cm³/mol. The highest BCUT2D eigenvalue weighted by molar-refractivity contribution is 5.96. The summed E-state index contributed by atoms with van der Waals surface area (Å²) in [7, 11) is 0. The van der Waals surface area contributed by atoms with Crippen LogP contribution in [0.3, 0.4) is 0 Å². The van der Waals surface area contributed by atoms with Crippen molar-refractivity contribution in [3.05, 3.63) is 71.9 Å². The molecule has 0 radical (unpaired) electrons. The Kier molecular flexibility index (Phi) is 18.0. The highest BCUT2D eigenvalue weighted by Gasteiger charge is 2.31. The zero-order chi connectivity index (χ0) is 40.2. The van der Waals surface area contributed by atoms with E-state index in [2.05, 4.69) is 36.2 Å². The van der Waals surface area contributed by atoms with Gasteiger partial charge in [-0.15, -0.1) is 0 Å². The Labute approximate surface area is 321 Å². The number of carbonyl (C=O) groups excluding carboxylic acids is 5. The molecule has 17 heteroatoms. The van der Waals surface area contributed by atoms with Crippen molar-refractivity contribution >= 4 is 52.4 Å². The van der Waals surface area contributed by atoms with Gasteiger partial charge >= 0.3 is 0 Å². The average molecular weight is 761 g/mol. The van der Waals surface area contributed by atoms with Gasteiger partial charge in [-0.2, -0.15) is 0 Å². The van der Waals surface area contributed by atoms with Gasteiger partial charge in [0.05, 0.1) is 0 Å². The second-order valence-corrected chi connectivity index (χ2v) is 13.3. The molecule has 0 aliphatic carbocycles. The number of primary amides is 1. The van der Waals surface area contributed by atoms with Crippen molar-refractivity contribution in [2.24, 2.45) is 38.7 Å². The smallest absolute Gasteiger partial charge is 0.243 e. The topological polar surface area (TPSA) is 304 Å². The molecule has 0 aliphatic rings. The Balaban J connectivity index is 1.87. The molecule has 5 amide bonds. The van der Waals surface area contributed by atoms with Crippen molar-refractivity contribution in [2.75, 3.05) is 13.1 Å². The zero-order valence-electron chi connectivity index (χ0n) is 31.4. The number of nitrogens with zero attached hydrogens (tertiary/aromatic N) is 2. The lowest BCUT2D eigenvalue weighted by Gasteiger charge is -2.26. The number of H-pyrrole nitrogens is 1. The molecule has 0 saturated heterocycles. The van der Waals surface area contributed by atoms with Crippen molar-refractivity contribution in [1.82, 2.24) is 26.3 Å². The van der Waals surface area contributed by atoms with Crippen LogP contribution in [-0.4, -0.2) is 83.7 Å². The van der Waals surface area contributed by atoms with E-state index in [-0.39, 0.29) is 75.9 Å². The van der Waals surface area contributed by atoms with Crippen LogP contribution in [0.15, 0.2) is 70.8 Å². The molecule has 298 valence electrons. The zero-order valence-corrected chi connectivity index (χ0v) is 31.4. The third-order valence-corrected chi connectivity index (χ3v) is 8.86. The lowest BCUT2D eigenvalue weighted by atomic mass is 10.0. The molecule has 1 heterocycles. The van der Waals surface area contributed by atoms with Crippen LogP contribution in [0.4, 0.5) is 0 Å². The first-order valence-electron chi connectivity index (χ1n) is 18.6. The summed E-state index contributed by atoms with van der Waals surface area (Å²) in [4.78, 5) is 78.4. The number of benzene rings is 2. The number of nitrogens with two attached hydrogens (primary N) is 5. The normalized spacial score (nSPS) is 13.0. The number of aromatic amines is 1. The maximum atomic E-state index is 14.1. The third-order valence-electron chi connectivity index (χ3n) is 8.86. The van der Waals surface area contributed by atoms with Gasteiger partial charge in [-0.25, -0.2) is 0 Å². The first kappa shape index (κ1) is 43.3. The summed E-state index contributed by atoms with van der Waals surface area (Å²) in [6.07, 6.45) is 5.47. The number of carbonyl (C=O) groups is 5. The molecule has 0 spiro atoms. The van der Waals surface area contributed by atoms with E-state index < -0.39 is 47.8 Å². The van der Waals surface area contributed by atoms with E-state index in [4.69, 9.17) is 28.7 Å². The van der Waals surface area contributed by atoms with Crippen LogP contribution in [0.2, 0.25) is 0 Å². The highest BCUT2D eigenvalue weighted by Crippen LogP contribution is 2.19. The van der Waals surface area contributed by atoms with Crippen LogP contribution in [0.5, 0.6) is 0 Å². The molecule has 2 aromatic carbocycles. The number of hydrogen-bond donors (Lipinski definition) is 10. The van der Waals surface area contributed by atoms with E-state index in [1.807, 2.05) is 37.3 Å². The third kappa shape index (κ3) is 15.4. The summed E-state index contributed by atoms with van der Waals surface area (Å²) in [5.74, 6) is -3.26. The number of guanidine groups is 2. The molecular weight excluding hydrogens is 704 g/mol. The van der Waals surface area contributed by atoms with Gasteiger partial charge in [0.2, 0.25) is 29.5 Å². The lowest BCUT2D eigenvalue weighted by molar-refractivity contribution is -0.134. The van der Waals surface area contributed by atoms with Crippen LogP contribution in [0, 0.1) is 0 Å². The summed E-state index contributed by atoms with van der Waals surface area (Å²) in [5, 5.41) is 12.0. The molecule has 0 bridgehead atoms. The SMILES string of the molecule is CCCCCC(=O)N[C@@H](Cc1c[nH]c2ccccc12)C(=O)N[C@@H](CCCN=C(N)N)C(=O)N[C@@H](CCCN=C(N)N)C(=O)N[C@@H](Cc1ccccc1)C(N)=O. The quantitative estimate of drug-likeness (QED) is 0.0335. The van der Waals surface area contributed by atoms with Crippen molar-refractivity contribution in [3.8, 4) is 0 Å². The summed E-state index contributed by atoms with van der Waals surface area (Å²) < 4.78 is 0. The van der Waals surface area contributed by atoms with Crippen molar-refractivity contribution < 1.29 is 24.0 Å². The van der Waals surface area contributed by atoms with Gasteiger partial charge in [0.15, 0.2) is 11.9 Å². The predicted octanol–water partition coefficient (Wildman–Crippen LogP) is 0.0651. The number of para-hydroxylation sites is 1. The van der Waals surface area contributed by atoms with Gasteiger partial charge in [0.1, 0.15) is 24.2 Å². The van der Waals surface area contributed by atoms with Crippen molar-refractivity contribution in [2.45, 2.75) is 95.3 Å². The van der Waals surface area contributed by atoms with Crippen molar-refractivity contribution in [3.63, 3.8) is 0 Å². The number of unbranched alkanes of at least 4 members (excludes halogenated alkanes) is 2. The first-order valence-corrected chi connectivity index (χ1v) is 18.6. The number of amides is 5. The summed E-state index contributed by atoms with van der Waals surface area (Å²) in [5.41, 5.74) is 30.1. The number of nitrogens with one attached hydrogen (secondary N) is 5. The van der Waals surface area contributed by atoms with E-state index in [0.717, 1.165) is 34.9 Å². The van der Waals surface area contributed by atoms with Crippen LogP contribution in [0.1, 0.15) is 69.4 Å². The number of rotatable bonds is 24. The van der Waals surface area contributed by atoms with Crippen LogP contribution >= 0.6 is 0 Å². The molecule has 0 fully saturated rings. The molecule has 15 N–H and O–H groups in total. The van der Waals surface area contributed by atoms with Gasteiger partial charge in [-0.05, 0) is 49.3 Å². The van der Waals surface area contributed by atoms with Crippen LogP contribution < -0.4 is 49.9 Å². The second kappa shape index (κ2) is 22.8. The fourth-order valence-corrected chi connectivity index (χ4v) is 5.97. The highest BCUT2D eigenvalue weighted by atomic mass is 16.2.